The zero-order chi connectivity index (χ0) is 39.6. The summed E-state index contributed by atoms with van der Waals surface area (Å²) in [5.74, 6) is 1.14. The number of halogens is 1. The number of rotatable bonds is 9. The van der Waals surface area contributed by atoms with Gasteiger partial charge in [0.15, 0.2) is 0 Å². The number of carbonyl (C=O) groups excluding carboxylic acids is 2. The van der Waals surface area contributed by atoms with E-state index in [1.165, 1.54) is 38.9 Å². The second kappa shape index (κ2) is 15.7. The minimum Gasteiger partial charge on any atom is -0.431 e. The fourth-order valence-electron chi connectivity index (χ4n) is 9.03. The Morgan fingerprint density at radius 3 is 1.60 bits per heavy atom. The average molecular weight is 761 g/mol. The van der Waals surface area contributed by atoms with Crippen LogP contribution in [0.2, 0.25) is 0 Å². The first-order valence-electron chi connectivity index (χ1n) is 19.6. The number of benzene rings is 6. The SMILES string of the molecule is Cc1ccc(C2(c3ccc(OC(=O)Oc4ccc(C5(c6ccc(OC(=O)OCCF)cc6)CCCCC5)cc4)c(C)c3)c3ccccc3-c3ccccc32)cc1C. The molecule has 0 spiro atoms. The van der Waals surface area contributed by atoms with Gasteiger partial charge in [-0.1, -0.05) is 122 Å². The van der Waals surface area contributed by atoms with Crippen molar-refractivity contribution in [2.75, 3.05) is 13.3 Å². The van der Waals surface area contributed by atoms with Crippen molar-refractivity contribution in [1.29, 1.82) is 0 Å². The predicted octanol–water partition coefficient (Wildman–Crippen LogP) is 12.3. The van der Waals surface area contributed by atoms with Gasteiger partial charge in [0.2, 0.25) is 0 Å². The van der Waals surface area contributed by atoms with Crippen LogP contribution in [0.4, 0.5) is 14.0 Å². The van der Waals surface area contributed by atoms with E-state index in [4.69, 9.17) is 18.9 Å². The third-order valence-corrected chi connectivity index (χ3v) is 11.9. The second-order valence-electron chi connectivity index (χ2n) is 15.2. The van der Waals surface area contributed by atoms with E-state index in [-0.39, 0.29) is 12.0 Å². The van der Waals surface area contributed by atoms with E-state index in [0.717, 1.165) is 54.4 Å². The summed E-state index contributed by atoms with van der Waals surface area (Å²) >= 11 is 0. The van der Waals surface area contributed by atoms with Gasteiger partial charge >= 0.3 is 12.3 Å². The van der Waals surface area contributed by atoms with Crippen molar-refractivity contribution >= 4 is 12.3 Å². The highest BCUT2D eigenvalue weighted by atomic mass is 19.1. The number of carbonyl (C=O) groups is 2. The first kappa shape index (κ1) is 37.7. The molecule has 0 amide bonds. The molecule has 0 bridgehead atoms. The molecule has 0 aromatic heterocycles. The Morgan fingerprint density at radius 1 is 0.544 bits per heavy atom. The standard InChI is InChI=1S/C50H45FO6/c1-33-15-16-38(31-34(33)2)50(44-13-7-5-11-42(44)43-12-6-8-14-45(43)50)39-21-26-46(35(3)32-39)57-48(53)56-41-24-19-37(20-25-41)49(27-9-4-10-28-49)36-17-22-40(23-18-36)55-47(52)54-30-29-51/h5-8,11-26,31-32H,4,9-10,27-30H2,1-3H3. The summed E-state index contributed by atoms with van der Waals surface area (Å²) < 4.78 is 33.9. The molecule has 1 fully saturated rings. The number of alkyl halides is 1. The van der Waals surface area contributed by atoms with E-state index in [1.54, 1.807) is 12.1 Å². The summed E-state index contributed by atoms with van der Waals surface area (Å²) in [7, 11) is 0. The van der Waals surface area contributed by atoms with Crippen LogP contribution in [0.5, 0.6) is 17.2 Å². The molecular formula is C50H45FO6. The Hall–Kier alpha value is -6.21. The smallest absolute Gasteiger partial charge is 0.431 e. The lowest BCUT2D eigenvalue weighted by molar-refractivity contribution is 0.0929. The largest absolute Gasteiger partial charge is 0.519 e. The van der Waals surface area contributed by atoms with Gasteiger partial charge in [0.25, 0.3) is 0 Å². The van der Waals surface area contributed by atoms with Crippen LogP contribution in [-0.2, 0) is 15.6 Å². The fraction of sp³-hybridized carbons (Fsp3) is 0.240. The Bertz CT molecular complexity index is 2380. The molecule has 0 N–H and O–H groups in total. The van der Waals surface area contributed by atoms with Gasteiger partial charge < -0.3 is 18.9 Å². The van der Waals surface area contributed by atoms with Crippen LogP contribution in [0, 0.1) is 20.8 Å². The first-order valence-corrected chi connectivity index (χ1v) is 19.6. The summed E-state index contributed by atoms with van der Waals surface area (Å²) in [6.45, 7) is 5.15. The molecule has 6 nitrogen and oxygen atoms in total. The highest BCUT2D eigenvalue weighted by Gasteiger charge is 2.46. The molecule has 0 atom stereocenters. The van der Waals surface area contributed by atoms with Crippen LogP contribution < -0.4 is 14.2 Å². The maximum Gasteiger partial charge on any atom is 0.519 e. The molecule has 0 aliphatic heterocycles. The Morgan fingerprint density at radius 2 is 1.05 bits per heavy atom. The molecule has 0 heterocycles. The number of aryl methyl sites for hydroxylation is 3. The zero-order valence-electron chi connectivity index (χ0n) is 32.5. The molecule has 6 aromatic carbocycles. The van der Waals surface area contributed by atoms with E-state index in [0.29, 0.717) is 17.2 Å². The van der Waals surface area contributed by atoms with Gasteiger partial charge in [-0.15, -0.1) is 0 Å². The lowest BCUT2D eigenvalue weighted by atomic mass is 9.65. The third kappa shape index (κ3) is 6.96. The van der Waals surface area contributed by atoms with E-state index in [1.807, 2.05) is 49.4 Å². The van der Waals surface area contributed by atoms with Gasteiger partial charge in [-0.25, -0.2) is 14.0 Å². The summed E-state index contributed by atoms with van der Waals surface area (Å²) in [5, 5.41) is 0. The molecule has 6 aromatic rings. The van der Waals surface area contributed by atoms with Gasteiger partial charge in [-0.05, 0) is 125 Å². The van der Waals surface area contributed by atoms with Crippen molar-refractivity contribution in [1.82, 2.24) is 0 Å². The van der Waals surface area contributed by atoms with E-state index >= 15 is 0 Å². The van der Waals surface area contributed by atoms with Crippen LogP contribution in [0.25, 0.3) is 11.1 Å². The van der Waals surface area contributed by atoms with E-state index in [2.05, 4.69) is 92.7 Å². The fourth-order valence-corrected chi connectivity index (χ4v) is 9.03. The lowest BCUT2D eigenvalue weighted by Crippen LogP contribution is -2.30. The highest BCUT2D eigenvalue weighted by Crippen LogP contribution is 2.56. The van der Waals surface area contributed by atoms with Crippen molar-refractivity contribution in [3.05, 3.63) is 184 Å². The summed E-state index contributed by atoms with van der Waals surface area (Å²) in [5.41, 5.74) is 11.8. The second-order valence-corrected chi connectivity index (χ2v) is 15.2. The van der Waals surface area contributed by atoms with Crippen LogP contribution >= 0.6 is 0 Å². The molecule has 0 saturated heterocycles. The molecule has 0 radical (unpaired) electrons. The highest BCUT2D eigenvalue weighted by molar-refractivity contribution is 5.86. The maximum absolute atomic E-state index is 13.3. The predicted molar refractivity (Wildman–Crippen MR) is 219 cm³/mol. The maximum atomic E-state index is 13.3. The third-order valence-electron chi connectivity index (χ3n) is 11.9. The topological polar surface area (TPSA) is 71.1 Å². The Kier molecular flexibility index (Phi) is 10.4. The van der Waals surface area contributed by atoms with Gasteiger partial charge in [-0.2, -0.15) is 0 Å². The number of ether oxygens (including phenoxy) is 4. The van der Waals surface area contributed by atoms with Crippen molar-refractivity contribution in [2.45, 2.75) is 63.7 Å². The summed E-state index contributed by atoms with van der Waals surface area (Å²) in [6, 6.07) is 45.1. The monoisotopic (exact) mass is 760 g/mol. The van der Waals surface area contributed by atoms with Crippen molar-refractivity contribution in [3.63, 3.8) is 0 Å². The molecule has 2 aliphatic rings. The first-order chi connectivity index (χ1) is 27.7. The van der Waals surface area contributed by atoms with Gasteiger partial charge in [0, 0.05) is 5.41 Å². The van der Waals surface area contributed by atoms with E-state index in [9.17, 15) is 14.0 Å². The Labute approximate surface area is 333 Å². The van der Waals surface area contributed by atoms with Gasteiger partial charge in [-0.3, -0.25) is 0 Å². The van der Waals surface area contributed by atoms with Crippen LogP contribution in [0.15, 0.2) is 133 Å². The molecule has 2 aliphatic carbocycles. The van der Waals surface area contributed by atoms with Crippen LogP contribution in [0.3, 0.4) is 0 Å². The molecule has 8 rings (SSSR count). The summed E-state index contributed by atoms with van der Waals surface area (Å²) in [6.07, 6.45) is 3.45. The van der Waals surface area contributed by atoms with Gasteiger partial charge in [0.1, 0.15) is 30.5 Å². The molecule has 1 saturated carbocycles. The van der Waals surface area contributed by atoms with Gasteiger partial charge in [0.05, 0.1) is 5.41 Å². The minimum absolute atomic E-state index is 0.252. The molecule has 57 heavy (non-hydrogen) atoms. The van der Waals surface area contributed by atoms with Crippen molar-refractivity contribution in [3.8, 4) is 28.4 Å². The van der Waals surface area contributed by atoms with Crippen molar-refractivity contribution < 1.29 is 32.9 Å². The van der Waals surface area contributed by atoms with Crippen LogP contribution in [0.1, 0.15) is 82.2 Å². The normalized spacial score (nSPS) is 14.9. The lowest BCUT2D eigenvalue weighted by Gasteiger charge is -2.38. The van der Waals surface area contributed by atoms with E-state index < -0.39 is 24.4 Å². The average Bonchev–Trinajstić information content (AvgIpc) is 3.53. The molecular weight excluding hydrogens is 716 g/mol. The molecule has 0 unspecified atom stereocenters. The number of hydrogen-bond donors (Lipinski definition) is 0. The quantitative estimate of drug-likeness (QED) is 0.108. The minimum atomic E-state index is -0.933. The van der Waals surface area contributed by atoms with Crippen LogP contribution in [-0.4, -0.2) is 25.6 Å². The number of hydrogen-bond acceptors (Lipinski definition) is 6. The zero-order valence-corrected chi connectivity index (χ0v) is 32.5. The number of fused-ring (bicyclic) bond motifs is 3. The Balaban J connectivity index is 1.03. The molecule has 7 heteroatoms. The van der Waals surface area contributed by atoms with Crippen molar-refractivity contribution in [2.24, 2.45) is 0 Å². The summed E-state index contributed by atoms with van der Waals surface area (Å²) in [4.78, 5) is 25.1. The molecule has 288 valence electrons.